The zero-order chi connectivity index (χ0) is 13.1. The van der Waals surface area contributed by atoms with E-state index in [9.17, 15) is 5.11 Å². The van der Waals surface area contributed by atoms with Gasteiger partial charge in [-0.15, -0.1) is 0 Å². The molecule has 1 aromatic heterocycles. The van der Waals surface area contributed by atoms with Gasteiger partial charge in [0.2, 0.25) is 0 Å². The Hall–Kier alpha value is -0.880. The molecule has 4 heteroatoms. The highest BCUT2D eigenvalue weighted by molar-refractivity contribution is 14.1. The van der Waals surface area contributed by atoms with Crippen molar-refractivity contribution in [2.75, 3.05) is 4.43 Å². The summed E-state index contributed by atoms with van der Waals surface area (Å²) in [6, 6.07) is 4.21. The minimum Gasteiger partial charge on any atom is -0.392 e. The van der Waals surface area contributed by atoms with E-state index >= 15 is 0 Å². The normalized spacial score (nSPS) is 10.9. The Morgan fingerprint density at radius 1 is 1.33 bits per heavy atom. The zero-order valence-corrected chi connectivity index (χ0v) is 12.8. The molecule has 0 bridgehead atoms. The lowest BCUT2D eigenvalue weighted by atomic mass is 9.93. The molecule has 1 aromatic carbocycles. The van der Waals surface area contributed by atoms with E-state index in [4.69, 9.17) is 0 Å². The van der Waals surface area contributed by atoms with Crippen LogP contribution in [0.5, 0.6) is 0 Å². The largest absolute Gasteiger partial charge is 0.392 e. The number of aliphatic hydroxyl groups is 1. The maximum atomic E-state index is 9.69. The second-order valence-corrected chi connectivity index (χ2v) is 5.47. The first kappa shape index (κ1) is 13.5. The molecule has 0 amide bonds. The molecule has 2 rings (SSSR count). The lowest BCUT2D eigenvalue weighted by Gasteiger charge is -2.14. The van der Waals surface area contributed by atoms with Crippen LogP contribution in [0, 0.1) is 6.92 Å². The Morgan fingerprint density at radius 2 is 2.11 bits per heavy atom. The van der Waals surface area contributed by atoms with Gasteiger partial charge in [0.25, 0.3) is 0 Å². The molecule has 0 unspecified atom stereocenters. The molecule has 2 aromatic rings. The van der Waals surface area contributed by atoms with Gasteiger partial charge in [-0.25, -0.2) is 0 Å². The molecular weight excluding hydrogens is 339 g/mol. The van der Waals surface area contributed by atoms with Gasteiger partial charge in [-0.2, -0.15) is 5.10 Å². The Balaban J connectivity index is 2.57. The summed E-state index contributed by atoms with van der Waals surface area (Å²) in [5.41, 5.74) is 5.73. The molecule has 0 radical (unpaired) electrons. The Labute approximate surface area is 121 Å². The van der Waals surface area contributed by atoms with Gasteiger partial charge in [-0.05, 0) is 35.6 Å². The minimum atomic E-state index is 0.0812. The maximum absolute atomic E-state index is 9.69. The van der Waals surface area contributed by atoms with Crippen LogP contribution in [0.15, 0.2) is 24.5 Å². The molecular formula is C14H17IN2O. The molecule has 0 spiro atoms. The van der Waals surface area contributed by atoms with E-state index in [1.54, 1.807) is 4.68 Å². The van der Waals surface area contributed by atoms with Gasteiger partial charge in [-0.3, -0.25) is 4.68 Å². The van der Waals surface area contributed by atoms with Crippen LogP contribution in [-0.4, -0.2) is 19.3 Å². The number of aromatic nitrogens is 2. The van der Waals surface area contributed by atoms with Gasteiger partial charge in [0.1, 0.15) is 0 Å². The first-order chi connectivity index (χ1) is 8.67. The third-order valence-electron chi connectivity index (χ3n) is 3.18. The summed E-state index contributed by atoms with van der Waals surface area (Å²) < 4.78 is 2.84. The van der Waals surface area contributed by atoms with Crippen molar-refractivity contribution >= 4 is 22.6 Å². The summed E-state index contributed by atoms with van der Waals surface area (Å²) in [7, 11) is 1.90. The number of alkyl halides is 1. The molecule has 0 aliphatic heterocycles. The van der Waals surface area contributed by atoms with Crippen LogP contribution in [-0.2, 0) is 20.1 Å². The highest BCUT2D eigenvalue weighted by atomic mass is 127. The van der Waals surface area contributed by atoms with Crippen LogP contribution in [0.4, 0.5) is 0 Å². The van der Waals surface area contributed by atoms with Crippen LogP contribution in [0.25, 0.3) is 11.1 Å². The summed E-state index contributed by atoms with van der Waals surface area (Å²) in [4.78, 5) is 0. The van der Waals surface area contributed by atoms with Gasteiger partial charge in [0.05, 0.1) is 12.8 Å². The summed E-state index contributed by atoms with van der Waals surface area (Å²) in [5.74, 6) is 0. The second-order valence-electron chi connectivity index (χ2n) is 4.39. The van der Waals surface area contributed by atoms with E-state index in [0.717, 1.165) is 27.5 Å². The van der Waals surface area contributed by atoms with Crippen LogP contribution in [0.1, 0.15) is 16.7 Å². The molecule has 96 valence electrons. The molecule has 0 aliphatic rings. The van der Waals surface area contributed by atoms with E-state index in [1.807, 2.05) is 19.4 Å². The average Bonchev–Trinajstić information content (AvgIpc) is 2.78. The predicted molar refractivity (Wildman–Crippen MR) is 81.9 cm³/mol. The van der Waals surface area contributed by atoms with Gasteiger partial charge >= 0.3 is 0 Å². The summed E-state index contributed by atoms with van der Waals surface area (Å²) in [6.07, 6.45) is 4.83. The molecule has 0 saturated heterocycles. The van der Waals surface area contributed by atoms with Crippen molar-refractivity contribution in [3.63, 3.8) is 0 Å². The van der Waals surface area contributed by atoms with Gasteiger partial charge in [-0.1, -0.05) is 34.7 Å². The quantitative estimate of drug-likeness (QED) is 0.676. The van der Waals surface area contributed by atoms with Crippen LogP contribution in [0.2, 0.25) is 0 Å². The summed E-state index contributed by atoms with van der Waals surface area (Å²) in [6.45, 7) is 2.19. The Kier molecular flexibility index (Phi) is 4.40. The molecule has 0 saturated carbocycles. The Morgan fingerprint density at radius 3 is 2.67 bits per heavy atom. The molecule has 1 N–H and O–H groups in total. The molecule has 1 heterocycles. The van der Waals surface area contributed by atoms with E-state index < -0.39 is 0 Å². The van der Waals surface area contributed by atoms with E-state index in [0.29, 0.717) is 0 Å². The third kappa shape index (κ3) is 2.59. The lowest BCUT2D eigenvalue weighted by Crippen LogP contribution is -2.01. The van der Waals surface area contributed by atoms with Crippen LogP contribution >= 0.6 is 22.6 Å². The van der Waals surface area contributed by atoms with Gasteiger partial charge < -0.3 is 5.11 Å². The first-order valence-electron chi connectivity index (χ1n) is 5.94. The van der Waals surface area contributed by atoms with Crippen molar-refractivity contribution in [3.8, 4) is 11.1 Å². The fourth-order valence-electron chi connectivity index (χ4n) is 2.26. The highest BCUT2D eigenvalue weighted by Crippen LogP contribution is 2.28. The number of aliphatic hydroxyl groups excluding tert-OH is 1. The number of nitrogens with zero attached hydrogens (tertiary/aromatic N) is 2. The topological polar surface area (TPSA) is 38.0 Å². The second kappa shape index (κ2) is 5.84. The Bertz CT molecular complexity index is 549. The standard InChI is InChI=1S/C14H17IN2O/c1-10-3-4-13(11-7-16-17(2)8-11)14(9-18)12(10)5-6-15/h3-4,7-8,18H,5-6,9H2,1-2H3. The van der Waals surface area contributed by atoms with Gasteiger partial charge in [0, 0.05) is 23.2 Å². The zero-order valence-electron chi connectivity index (χ0n) is 10.7. The molecule has 3 nitrogen and oxygen atoms in total. The number of benzene rings is 1. The van der Waals surface area contributed by atoms with Crippen molar-refractivity contribution in [2.45, 2.75) is 20.0 Å². The fourth-order valence-corrected chi connectivity index (χ4v) is 2.80. The average molecular weight is 356 g/mol. The molecule has 0 atom stereocenters. The summed E-state index contributed by atoms with van der Waals surface area (Å²) in [5, 5.41) is 13.9. The van der Waals surface area contributed by atoms with Crippen LogP contribution in [0.3, 0.4) is 0 Å². The van der Waals surface area contributed by atoms with E-state index in [-0.39, 0.29) is 6.61 Å². The maximum Gasteiger partial charge on any atom is 0.0690 e. The summed E-state index contributed by atoms with van der Waals surface area (Å²) >= 11 is 2.37. The number of hydrogen-bond acceptors (Lipinski definition) is 2. The van der Waals surface area contributed by atoms with Crippen molar-refractivity contribution in [2.24, 2.45) is 7.05 Å². The minimum absolute atomic E-state index is 0.0812. The van der Waals surface area contributed by atoms with Crippen molar-refractivity contribution in [1.29, 1.82) is 0 Å². The third-order valence-corrected chi connectivity index (χ3v) is 3.72. The SMILES string of the molecule is Cc1ccc(-c2cnn(C)c2)c(CO)c1CCI. The monoisotopic (exact) mass is 356 g/mol. The lowest BCUT2D eigenvalue weighted by molar-refractivity contribution is 0.281. The number of halogens is 1. The van der Waals surface area contributed by atoms with E-state index in [2.05, 4.69) is 46.7 Å². The highest BCUT2D eigenvalue weighted by Gasteiger charge is 2.12. The first-order valence-corrected chi connectivity index (χ1v) is 7.47. The smallest absolute Gasteiger partial charge is 0.0690 e. The number of rotatable bonds is 4. The number of aryl methyl sites for hydroxylation is 2. The fraction of sp³-hybridized carbons (Fsp3) is 0.357. The van der Waals surface area contributed by atoms with Gasteiger partial charge in [0.15, 0.2) is 0 Å². The number of hydrogen-bond donors (Lipinski definition) is 1. The van der Waals surface area contributed by atoms with Crippen molar-refractivity contribution < 1.29 is 5.11 Å². The molecule has 18 heavy (non-hydrogen) atoms. The molecule has 0 fully saturated rings. The van der Waals surface area contributed by atoms with Crippen molar-refractivity contribution in [1.82, 2.24) is 9.78 Å². The molecule has 0 aliphatic carbocycles. The van der Waals surface area contributed by atoms with Crippen LogP contribution < -0.4 is 0 Å². The predicted octanol–water partition coefficient (Wildman–Crippen LogP) is 2.87. The van der Waals surface area contributed by atoms with Crippen molar-refractivity contribution in [3.05, 3.63) is 41.2 Å². The van der Waals surface area contributed by atoms with E-state index in [1.165, 1.54) is 11.1 Å².